The zero-order valence-corrected chi connectivity index (χ0v) is 18.5. The summed E-state index contributed by atoms with van der Waals surface area (Å²) in [6, 6.07) is 6.38. The molecule has 11 nitrogen and oxygen atoms in total. The fourth-order valence-electron chi connectivity index (χ4n) is 2.90. The van der Waals surface area contributed by atoms with E-state index in [1.54, 1.807) is 38.3 Å². The lowest BCUT2D eigenvalue weighted by atomic mass is 10.0. The van der Waals surface area contributed by atoms with Crippen LogP contribution in [0.2, 0.25) is 0 Å². The van der Waals surface area contributed by atoms with Gasteiger partial charge in [-0.2, -0.15) is 5.21 Å². The third-order valence-corrected chi connectivity index (χ3v) is 5.41. The van der Waals surface area contributed by atoms with E-state index >= 15 is 0 Å². The Morgan fingerprint density at radius 3 is 2.65 bits per heavy atom. The van der Waals surface area contributed by atoms with Crippen LogP contribution < -0.4 is 10.1 Å². The number of carbonyl (C=O) groups excluding carboxylic acids is 3. The molecule has 2 amide bonds. The van der Waals surface area contributed by atoms with Crippen molar-refractivity contribution < 1.29 is 23.9 Å². The Labute approximate surface area is 186 Å². The number of β-lactam (4-membered cyclic amide) rings is 1. The summed E-state index contributed by atoms with van der Waals surface area (Å²) in [5, 5.41) is 16.0. The predicted octanol–water partition coefficient (Wildman–Crippen LogP) is 0.490. The number of tetrazole rings is 1. The number of nitrogens with one attached hydrogen (secondary N) is 2. The fourth-order valence-corrected chi connectivity index (χ4v) is 3.16. The maximum atomic E-state index is 12.7. The summed E-state index contributed by atoms with van der Waals surface area (Å²) in [7, 11) is 1.57. The van der Waals surface area contributed by atoms with E-state index in [0.29, 0.717) is 16.7 Å². The molecule has 0 spiro atoms. The molecule has 1 aromatic carbocycles. The van der Waals surface area contributed by atoms with Crippen LogP contribution in [0.4, 0.5) is 0 Å². The van der Waals surface area contributed by atoms with Gasteiger partial charge in [0.15, 0.2) is 5.82 Å². The van der Waals surface area contributed by atoms with Crippen molar-refractivity contribution in [1.82, 2.24) is 30.8 Å². The minimum Gasteiger partial charge on any atom is -0.497 e. The number of hydrogen-bond acceptors (Lipinski definition) is 8. The average molecular weight is 493 g/mol. The highest BCUT2D eigenvalue weighted by Gasteiger charge is 2.42. The molecule has 1 aliphatic heterocycles. The maximum Gasteiger partial charge on any atom is 0.355 e. The van der Waals surface area contributed by atoms with Crippen LogP contribution >= 0.6 is 15.9 Å². The summed E-state index contributed by atoms with van der Waals surface area (Å²) in [5.74, 6) is -0.497. The molecule has 2 heterocycles. The van der Waals surface area contributed by atoms with Gasteiger partial charge in [0.1, 0.15) is 24.1 Å². The van der Waals surface area contributed by atoms with Gasteiger partial charge in [-0.15, -0.1) is 10.2 Å². The third-order valence-electron chi connectivity index (χ3n) is 4.57. The molecule has 12 heteroatoms. The van der Waals surface area contributed by atoms with Crippen LogP contribution in [0.3, 0.4) is 0 Å². The minimum atomic E-state index is -0.730. The van der Waals surface area contributed by atoms with E-state index in [0.717, 1.165) is 5.56 Å². The van der Waals surface area contributed by atoms with Gasteiger partial charge < -0.3 is 19.7 Å². The highest BCUT2D eigenvalue weighted by molar-refractivity contribution is 9.09. The molecule has 3 rings (SSSR count). The SMILES string of the molecule is COc1ccc(COC(=O)/C(=C(\C)CBr)N2CC(NC(=O)Cc3nn[nH]n3)C2=O)cc1. The Bertz CT molecular complexity index is 976. The minimum absolute atomic E-state index is 0.0504. The number of ether oxygens (including phenoxy) is 2. The van der Waals surface area contributed by atoms with Crippen molar-refractivity contribution in [2.24, 2.45) is 0 Å². The van der Waals surface area contributed by atoms with Crippen molar-refractivity contribution in [3.05, 3.63) is 46.9 Å². The smallest absolute Gasteiger partial charge is 0.355 e. The first-order valence-electron chi connectivity index (χ1n) is 9.31. The lowest BCUT2D eigenvalue weighted by molar-refractivity contribution is -0.151. The van der Waals surface area contributed by atoms with E-state index in [-0.39, 0.29) is 31.1 Å². The number of nitrogens with zero attached hydrogens (tertiary/aromatic N) is 4. The number of rotatable bonds is 9. The third kappa shape index (κ3) is 5.45. The van der Waals surface area contributed by atoms with Gasteiger partial charge in [0.25, 0.3) is 5.91 Å². The van der Waals surface area contributed by atoms with E-state index < -0.39 is 23.8 Å². The first-order valence-corrected chi connectivity index (χ1v) is 10.4. The van der Waals surface area contributed by atoms with Gasteiger partial charge in [0, 0.05) is 5.33 Å². The molecule has 2 N–H and O–H groups in total. The number of aromatic nitrogens is 4. The first kappa shape index (κ1) is 22.4. The Balaban J connectivity index is 1.58. The zero-order chi connectivity index (χ0) is 22.4. The van der Waals surface area contributed by atoms with Crippen molar-refractivity contribution in [2.75, 3.05) is 19.0 Å². The molecule has 0 radical (unpaired) electrons. The summed E-state index contributed by atoms with van der Waals surface area (Å²) in [6.07, 6.45) is -0.104. The molecule has 1 saturated heterocycles. The Hall–Kier alpha value is -3.28. The Kier molecular flexibility index (Phi) is 7.34. The summed E-state index contributed by atoms with van der Waals surface area (Å²) in [5.41, 5.74) is 1.59. The highest BCUT2D eigenvalue weighted by atomic mass is 79.9. The number of likely N-dealkylation sites (tertiary alicyclic amines) is 1. The maximum absolute atomic E-state index is 12.7. The number of carbonyl (C=O) groups is 3. The molecule has 0 bridgehead atoms. The normalized spacial score (nSPS) is 16.3. The van der Waals surface area contributed by atoms with Gasteiger partial charge in [0.2, 0.25) is 5.91 Å². The van der Waals surface area contributed by atoms with Crippen LogP contribution in [0.15, 0.2) is 35.5 Å². The van der Waals surface area contributed by atoms with Gasteiger partial charge in [-0.05, 0) is 30.2 Å². The fraction of sp³-hybridized carbons (Fsp3) is 0.368. The standard InChI is InChI=1S/C19H21BrN6O5/c1-11(8-20)17(19(29)31-10-12-3-5-13(30-2)6-4-12)26-9-14(18(26)28)21-16(27)7-15-22-24-25-23-15/h3-6,14H,7-10H2,1-2H3,(H,21,27)(H,22,23,24,25)/b17-11-. The van der Waals surface area contributed by atoms with Gasteiger partial charge in [-0.25, -0.2) is 4.79 Å². The molecule has 0 aliphatic carbocycles. The number of aromatic amines is 1. The number of H-pyrrole nitrogens is 1. The lowest BCUT2D eigenvalue weighted by Gasteiger charge is -2.39. The van der Waals surface area contributed by atoms with Crippen LogP contribution in [-0.4, -0.2) is 68.3 Å². The molecule has 0 saturated carbocycles. The number of halogens is 1. The van der Waals surface area contributed by atoms with Gasteiger partial charge in [0.05, 0.1) is 20.1 Å². The lowest BCUT2D eigenvalue weighted by Crippen LogP contribution is -2.64. The van der Waals surface area contributed by atoms with E-state index in [1.165, 1.54) is 4.90 Å². The molecule has 31 heavy (non-hydrogen) atoms. The average Bonchev–Trinajstić information content (AvgIpc) is 3.29. The Morgan fingerprint density at radius 1 is 1.32 bits per heavy atom. The molecule has 1 fully saturated rings. The first-order chi connectivity index (χ1) is 14.9. The molecular weight excluding hydrogens is 472 g/mol. The summed E-state index contributed by atoms with van der Waals surface area (Å²) in [4.78, 5) is 38.7. The molecule has 1 aromatic heterocycles. The van der Waals surface area contributed by atoms with Crippen LogP contribution in [-0.2, 0) is 32.1 Å². The van der Waals surface area contributed by atoms with Crippen molar-refractivity contribution in [2.45, 2.75) is 26.0 Å². The molecule has 164 valence electrons. The quantitative estimate of drug-likeness (QED) is 0.223. The van der Waals surface area contributed by atoms with Crippen LogP contribution in [0.1, 0.15) is 18.3 Å². The number of methoxy groups -OCH3 is 1. The monoisotopic (exact) mass is 492 g/mol. The molecule has 1 unspecified atom stereocenters. The number of amides is 2. The largest absolute Gasteiger partial charge is 0.497 e. The number of hydrogen-bond donors (Lipinski definition) is 2. The van der Waals surface area contributed by atoms with E-state index in [9.17, 15) is 14.4 Å². The second kappa shape index (κ2) is 10.2. The van der Waals surface area contributed by atoms with Crippen molar-refractivity contribution in [3.63, 3.8) is 0 Å². The van der Waals surface area contributed by atoms with Crippen LogP contribution in [0, 0.1) is 0 Å². The molecular formula is C19H21BrN6O5. The number of esters is 1. The van der Waals surface area contributed by atoms with Gasteiger partial charge >= 0.3 is 5.97 Å². The Morgan fingerprint density at radius 2 is 2.06 bits per heavy atom. The van der Waals surface area contributed by atoms with E-state index in [4.69, 9.17) is 9.47 Å². The number of allylic oxidation sites excluding steroid dienone is 1. The topological polar surface area (TPSA) is 139 Å². The number of benzene rings is 1. The van der Waals surface area contributed by atoms with Gasteiger partial charge in [-0.3, -0.25) is 9.59 Å². The van der Waals surface area contributed by atoms with Crippen molar-refractivity contribution in [1.29, 1.82) is 0 Å². The van der Waals surface area contributed by atoms with Crippen LogP contribution in [0.25, 0.3) is 0 Å². The predicted molar refractivity (Wildman–Crippen MR) is 111 cm³/mol. The van der Waals surface area contributed by atoms with Crippen molar-refractivity contribution in [3.8, 4) is 5.75 Å². The molecule has 2 aromatic rings. The highest BCUT2D eigenvalue weighted by Crippen LogP contribution is 2.23. The second-order valence-corrected chi connectivity index (χ2v) is 7.32. The zero-order valence-electron chi connectivity index (χ0n) is 16.9. The molecule has 1 aliphatic rings. The van der Waals surface area contributed by atoms with E-state index in [1.807, 2.05) is 0 Å². The van der Waals surface area contributed by atoms with Gasteiger partial charge in [-0.1, -0.05) is 33.3 Å². The summed E-state index contributed by atoms with van der Waals surface area (Å²) < 4.78 is 10.5. The summed E-state index contributed by atoms with van der Waals surface area (Å²) >= 11 is 3.32. The number of alkyl halides is 1. The second-order valence-electron chi connectivity index (χ2n) is 6.76. The van der Waals surface area contributed by atoms with Crippen LogP contribution in [0.5, 0.6) is 5.75 Å². The van der Waals surface area contributed by atoms with Crippen molar-refractivity contribution >= 4 is 33.7 Å². The molecule has 1 atom stereocenters. The summed E-state index contributed by atoms with van der Waals surface area (Å²) in [6.45, 7) is 1.94. The van der Waals surface area contributed by atoms with E-state index in [2.05, 4.69) is 41.9 Å².